The zero-order valence-corrected chi connectivity index (χ0v) is 7.65. The SMILES string of the molecule is C1CC2(C1)COCCN2.CC. The second kappa shape index (κ2) is 4.07. The first-order valence-electron chi connectivity index (χ1n) is 4.74. The van der Waals surface area contributed by atoms with Gasteiger partial charge in [-0.2, -0.15) is 0 Å². The monoisotopic (exact) mass is 157 g/mol. The Bertz CT molecular complexity index is 102. The minimum absolute atomic E-state index is 0.429. The lowest BCUT2D eigenvalue weighted by Gasteiger charge is -2.45. The fraction of sp³-hybridized carbons (Fsp3) is 1.00. The number of nitrogens with one attached hydrogen (secondary N) is 1. The van der Waals surface area contributed by atoms with Gasteiger partial charge in [0.15, 0.2) is 0 Å². The molecule has 0 aromatic heterocycles. The van der Waals surface area contributed by atoms with E-state index in [1.54, 1.807) is 0 Å². The number of morpholine rings is 1. The van der Waals surface area contributed by atoms with E-state index in [2.05, 4.69) is 5.32 Å². The van der Waals surface area contributed by atoms with Crippen LogP contribution in [0.5, 0.6) is 0 Å². The third-order valence-corrected chi connectivity index (χ3v) is 2.44. The predicted octanol–water partition coefficient (Wildman–Crippen LogP) is 1.56. The summed E-state index contributed by atoms with van der Waals surface area (Å²) in [6.45, 7) is 6.91. The second-order valence-electron chi connectivity index (χ2n) is 3.11. The molecule has 0 aromatic rings. The molecule has 0 aromatic carbocycles. The zero-order valence-electron chi connectivity index (χ0n) is 7.65. The average molecular weight is 157 g/mol. The molecule has 1 heterocycles. The molecule has 2 rings (SSSR count). The maximum Gasteiger partial charge on any atom is 0.0648 e. The van der Waals surface area contributed by atoms with Crippen LogP contribution in [0.1, 0.15) is 33.1 Å². The van der Waals surface area contributed by atoms with Crippen molar-refractivity contribution in [1.29, 1.82) is 0 Å². The van der Waals surface area contributed by atoms with Crippen molar-refractivity contribution in [3.8, 4) is 0 Å². The summed E-state index contributed by atoms with van der Waals surface area (Å²) in [5.41, 5.74) is 0.429. The Morgan fingerprint density at radius 3 is 2.27 bits per heavy atom. The molecular weight excluding hydrogens is 138 g/mol. The molecule has 2 nitrogen and oxygen atoms in total. The Hall–Kier alpha value is -0.0800. The molecule has 2 fully saturated rings. The van der Waals surface area contributed by atoms with Crippen LogP contribution < -0.4 is 5.32 Å². The topological polar surface area (TPSA) is 21.3 Å². The van der Waals surface area contributed by atoms with E-state index in [-0.39, 0.29) is 0 Å². The number of ether oxygens (including phenoxy) is 1. The van der Waals surface area contributed by atoms with E-state index in [4.69, 9.17) is 4.74 Å². The molecule has 0 amide bonds. The molecule has 2 heteroatoms. The normalized spacial score (nSPS) is 26.7. The Labute approximate surface area is 69.3 Å². The summed E-state index contributed by atoms with van der Waals surface area (Å²) in [5, 5.41) is 3.51. The van der Waals surface area contributed by atoms with E-state index < -0.39 is 0 Å². The molecule has 66 valence electrons. The second-order valence-corrected chi connectivity index (χ2v) is 3.11. The summed E-state index contributed by atoms with van der Waals surface area (Å²) in [6.07, 6.45) is 4.04. The van der Waals surface area contributed by atoms with E-state index in [0.717, 1.165) is 19.8 Å². The highest BCUT2D eigenvalue weighted by molar-refractivity contribution is 4.97. The fourth-order valence-electron chi connectivity index (χ4n) is 1.63. The van der Waals surface area contributed by atoms with Gasteiger partial charge < -0.3 is 10.1 Å². The van der Waals surface area contributed by atoms with Crippen LogP contribution in [0.25, 0.3) is 0 Å². The van der Waals surface area contributed by atoms with E-state index >= 15 is 0 Å². The van der Waals surface area contributed by atoms with Crippen molar-refractivity contribution in [3.05, 3.63) is 0 Å². The van der Waals surface area contributed by atoms with Crippen molar-refractivity contribution in [2.75, 3.05) is 19.8 Å². The minimum atomic E-state index is 0.429. The largest absolute Gasteiger partial charge is 0.378 e. The van der Waals surface area contributed by atoms with E-state index in [9.17, 15) is 0 Å². The number of hydrogen-bond donors (Lipinski definition) is 1. The minimum Gasteiger partial charge on any atom is -0.378 e. The molecule has 0 bridgehead atoms. The van der Waals surface area contributed by atoms with Crippen LogP contribution in [0.2, 0.25) is 0 Å². The van der Waals surface area contributed by atoms with Crippen molar-refractivity contribution in [3.63, 3.8) is 0 Å². The van der Waals surface area contributed by atoms with Crippen molar-refractivity contribution < 1.29 is 4.74 Å². The lowest BCUT2D eigenvalue weighted by Crippen LogP contribution is -2.58. The van der Waals surface area contributed by atoms with Crippen LogP contribution in [-0.4, -0.2) is 25.3 Å². The zero-order chi connectivity index (χ0) is 8.16. The van der Waals surface area contributed by atoms with Crippen LogP contribution in [0.15, 0.2) is 0 Å². The third-order valence-electron chi connectivity index (χ3n) is 2.44. The predicted molar refractivity (Wildman–Crippen MR) is 46.8 cm³/mol. The highest BCUT2D eigenvalue weighted by Crippen LogP contribution is 2.32. The quantitative estimate of drug-likeness (QED) is 0.576. The number of rotatable bonds is 0. The lowest BCUT2D eigenvalue weighted by atomic mass is 9.77. The molecule has 1 spiro atoms. The molecule has 1 aliphatic heterocycles. The van der Waals surface area contributed by atoms with Gasteiger partial charge in [-0.25, -0.2) is 0 Å². The molecular formula is C9H19NO. The molecule has 0 atom stereocenters. The van der Waals surface area contributed by atoms with E-state index in [0.29, 0.717) is 5.54 Å². The maximum atomic E-state index is 5.36. The van der Waals surface area contributed by atoms with Gasteiger partial charge in [-0.1, -0.05) is 13.8 Å². The summed E-state index contributed by atoms with van der Waals surface area (Å²) in [4.78, 5) is 0. The Morgan fingerprint density at radius 1 is 1.27 bits per heavy atom. The number of hydrogen-bond acceptors (Lipinski definition) is 2. The fourth-order valence-corrected chi connectivity index (χ4v) is 1.63. The Kier molecular flexibility index (Phi) is 3.34. The van der Waals surface area contributed by atoms with Gasteiger partial charge in [0.25, 0.3) is 0 Å². The molecule has 1 saturated carbocycles. The van der Waals surface area contributed by atoms with Gasteiger partial charge in [0, 0.05) is 12.1 Å². The van der Waals surface area contributed by atoms with Gasteiger partial charge in [-0.05, 0) is 19.3 Å². The standard InChI is InChI=1S/C7H13NO.C2H6/c1-2-7(3-1)6-9-5-4-8-7;1-2/h8H,1-6H2;1-2H3. The molecule has 1 N–H and O–H groups in total. The Balaban J connectivity index is 0.000000281. The first-order chi connectivity index (χ1) is 5.41. The third kappa shape index (κ3) is 1.94. The van der Waals surface area contributed by atoms with Crippen molar-refractivity contribution >= 4 is 0 Å². The van der Waals surface area contributed by atoms with Gasteiger partial charge in [0.2, 0.25) is 0 Å². The smallest absolute Gasteiger partial charge is 0.0648 e. The molecule has 0 unspecified atom stereocenters. The van der Waals surface area contributed by atoms with Gasteiger partial charge in [-0.3, -0.25) is 0 Å². The molecule has 11 heavy (non-hydrogen) atoms. The van der Waals surface area contributed by atoms with Crippen molar-refractivity contribution in [2.45, 2.75) is 38.6 Å². The van der Waals surface area contributed by atoms with Gasteiger partial charge >= 0.3 is 0 Å². The highest BCUT2D eigenvalue weighted by Gasteiger charge is 2.38. The summed E-state index contributed by atoms with van der Waals surface area (Å²) < 4.78 is 5.36. The van der Waals surface area contributed by atoms with E-state index in [1.807, 2.05) is 13.8 Å². The van der Waals surface area contributed by atoms with E-state index in [1.165, 1.54) is 19.3 Å². The lowest BCUT2D eigenvalue weighted by molar-refractivity contribution is -0.0106. The van der Waals surface area contributed by atoms with Crippen LogP contribution in [0.4, 0.5) is 0 Å². The first-order valence-corrected chi connectivity index (χ1v) is 4.74. The van der Waals surface area contributed by atoms with Crippen LogP contribution in [0.3, 0.4) is 0 Å². The van der Waals surface area contributed by atoms with Crippen molar-refractivity contribution in [2.24, 2.45) is 0 Å². The summed E-state index contributed by atoms with van der Waals surface area (Å²) in [7, 11) is 0. The first kappa shape index (κ1) is 9.01. The molecule has 2 aliphatic rings. The van der Waals surface area contributed by atoms with Crippen LogP contribution in [0, 0.1) is 0 Å². The molecule has 1 saturated heterocycles. The molecule has 1 aliphatic carbocycles. The average Bonchev–Trinajstić information content (AvgIpc) is 2.07. The summed E-state index contributed by atoms with van der Waals surface area (Å²) >= 11 is 0. The summed E-state index contributed by atoms with van der Waals surface area (Å²) in [6, 6.07) is 0. The van der Waals surface area contributed by atoms with Crippen LogP contribution >= 0.6 is 0 Å². The highest BCUT2D eigenvalue weighted by atomic mass is 16.5. The van der Waals surface area contributed by atoms with Gasteiger partial charge in [0.05, 0.1) is 13.2 Å². The Morgan fingerprint density at radius 2 is 2.00 bits per heavy atom. The van der Waals surface area contributed by atoms with Gasteiger partial charge in [-0.15, -0.1) is 0 Å². The van der Waals surface area contributed by atoms with Crippen molar-refractivity contribution in [1.82, 2.24) is 5.32 Å². The van der Waals surface area contributed by atoms with Crippen LogP contribution in [-0.2, 0) is 4.74 Å². The molecule has 0 radical (unpaired) electrons. The maximum absolute atomic E-state index is 5.36. The van der Waals surface area contributed by atoms with Gasteiger partial charge in [0.1, 0.15) is 0 Å². The summed E-state index contributed by atoms with van der Waals surface area (Å²) in [5.74, 6) is 0.